The van der Waals surface area contributed by atoms with E-state index in [0.717, 1.165) is 38.2 Å². The molecule has 3 saturated heterocycles. The molecule has 5 rings (SSSR count). The maximum absolute atomic E-state index is 13.1. The van der Waals surface area contributed by atoms with Crippen LogP contribution in [-0.4, -0.2) is 55.9 Å². The molecule has 0 spiro atoms. The van der Waals surface area contributed by atoms with Crippen molar-refractivity contribution in [3.05, 3.63) is 62.7 Å². The quantitative estimate of drug-likeness (QED) is 0.835. The number of fused-ring (bicyclic) bond motifs is 4. The summed E-state index contributed by atoms with van der Waals surface area (Å²) in [5, 5.41) is 0. The number of amides is 1. The van der Waals surface area contributed by atoms with Gasteiger partial charge in [-0.2, -0.15) is 0 Å². The third-order valence-corrected chi connectivity index (χ3v) is 5.50. The number of carbonyl (C=O) groups excluding carboxylic acids is 1. The molecule has 142 valence electrons. The van der Waals surface area contributed by atoms with Crippen LogP contribution in [-0.2, 0) is 13.6 Å². The van der Waals surface area contributed by atoms with E-state index in [0.29, 0.717) is 12.5 Å². The average molecular weight is 369 g/mol. The number of pyridine rings is 1. The smallest absolute Gasteiger partial charge is 0.328 e. The SMILES string of the molecule is Cn1cc(C(=O)N2C[C@H]3CC[C@@H]2CN(Cc2ccccn2)C3)c(=O)[nH]c1=O. The van der Waals surface area contributed by atoms with Crippen LogP contribution in [0.3, 0.4) is 0 Å². The summed E-state index contributed by atoms with van der Waals surface area (Å²) in [6.45, 7) is 3.09. The molecule has 1 amide bonds. The van der Waals surface area contributed by atoms with E-state index < -0.39 is 11.2 Å². The van der Waals surface area contributed by atoms with E-state index >= 15 is 0 Å². The van der Waals surface area contributed by atoms with Crippen molar-refractivity contribution in [1.29, 1.82) is 0 Å². The Morgan fingerprint density at radius 1 is 1.22 bits per heavy atom. The van der Waals surface area contributed by atoms with Crippen molar-refractivity contribution in [2.45, 2.75) is 25.4 Å². The van der Waals surface area contributed by atoms with E-state index in [2.05, 4.69) is 14.9 Å². The molecule has 27 heavy (non-hydrogen) atoms. The first kappa shape index (κ1) is 17.7. The van der Waals surface area contributed by atoms with E-state index in [-0.39, 0.29) is 17.5 Å². The maximum Gasteiger partial charge on any atom is 0.328 e. The lowest BCUT2D eigenvalue weighted by molar-refractivity contribution is 0.0582. The number of piperidine rings is 1. The van der Waals surface area contributed by atoms with Gasteiger partial charge in [0.2, 0.25) is 0 Å². The number of nitrogens with zero attached hydrogens (tertiary/aromatic N) is 4. The highest BCUT2D eigenvalue weighted by atomic mass is 16.2. The third-order valence-electron chi connectivity index (χ3n) is 5.50. The zero-order valence-corrected chi connectivity index (χ0v) is 15.3. The molecule has 2 aromatic rings. The fourth-order valence-electron chi connectivity index (χ4n) is 4.15. The number of aryl methyl sites for hydroxylation is 1. The molecular formula is C19H23N5O3. The number of H-pyrrole nitrogens is 1. The Labute approximate surface area is 156 Å². The Bertz CT molecular complexity index is 952. The zero-order valence-electron chi connectivity index (χ0n) is 15.3. The van der Waals surface area contributed by atoms with Crippen molar-refractivity contribution in [3.63, 3.8) is 0 Å². The Morgan fingerprint density at radius 3 is 2.85 bits per heavy atom. The van der Waals surface area contributed by atoms with Gasteiger partial charge in [-0.05, 0) is 30.9 Å². The Kier molecular flexibility index (Phi) is 4.65. The molecule has 3 aliphatic heterocycles. The molecule has 0 aliphatic carbocycles. The summed E-state index contributed by atoms with van der Waals surface area (Å²) in [5.41, 5.74) is -0.0869. The highest BCUT2D eigenvalue weighted by Crippen LogP contribution is 2.29. The van der Waals surface area contributed by atoms with Crippen LogP contribution in [0.5, 0.6) is 0 Å². The van der Waals surface area contributed by atoms with Crippen molar-refractivity contribution in [1.82, 2.24) is 24.3 Å². The summed E-state index contributed by atoms with van der Waals surface area (Å²) in [4.78, 5) is 47.5. The third kappa shape index (κ3) is 3.57. The van der Waals surface area contributed by atoms with Crippen LogP contribution in [0.1, 0.15) is 28.9 Å². The number of hydrogen-bond acceptors (Lipinski definition) is 5. The molecule has 8 heteroatoms. The maximum atomic E-state index is 13.1. The fraction of sp³-hybridized carbons (Fsp3) is 0.474. The predicted molar refractivity (Wildman–Crippen MR) is 99.4 cm³/mol. The normalized spacial score (nSPS) is 22.6. The molecule has 3 aliphatic rings. The van der Waals surface area contributed by atoms with Gasteiger partial charge in [-0.15, -0.1) is 0 Å². The first-order valence-electron chi connectivity index (χ1n) is 9.24. The largest absolute Gasteiger partial charge is 0.334 e. The van der Waals surface area contributed by atoms with Crippen molar-refractivity contribution < 1.29 is 4.79 Å². The molecule has 0 aromatic carbocycles. The van der Waals surface area contributed by atoms with Crippen LogP contribution in [0.15, 0.2) is 40.2 Å². The van der Waals surface area contributed by atoms with Crippen molar-refractivity contribution >= 4 is 5.91 Å². The van der Waals surface area contributed by atoms with Crippen LogP contribution in [0.4, 0.5) is 0 Å². The lowest BCUT2D eigenvalue weighted by atomic mass is 9.94. The number of aromatic amines is 1. The zero-order chi connectivity index (χ0) is 19.0. The molecule has 3 fully saturated rings. The minimum atomic E-state index is -0.617. The highest BCUT2D eigenvalue weighted by Gasteiger charge is 2.38. The number of aromatic nitrogens is 3. The minimum absolute atomic E-state index is 0.0286. The van der Waals surface area contributed by atoms with Gasteiger partial charge in [0, 0.05) is 51.7 Å². The summed E-state index contributed by atoms with van der Waals surface area (Å²) in [6, 6.07) is 5.97. The molecule has 0 saturated carbocycles. The lowest BCUT2D eigenvalue weighted by Gasteiger charge is -2.36. The van der Waals surface area contributed by atoms with Crippen LogP contribution >= 0.6 is 0 Å². The molecular weight excluding hydrogens is 346 g/mol. The Morgan fingerprint density at radius 2 is 2.07 bits per heavy atom. The molecule has 2 bridgehead atoms. The van der Waals surface area contributed by atoms with Gasteiger partial charge in [-0.1, -0.05) is 6.07 Å². The van der Waals surface area contributed by atoms with Gasteiger partial charge in [0.25, 0.3) is 11.5 Å². The summed E-state index contributed by atoms with van der Waals surface area (Å²) >= 11 is 0. The summed E-state index contributed by atoms with van der Waals surface area (Å²) in [6.07, 6.45) is 5.15. The lowest BCUT2D eigenvalue weighted by Crippen LogP contribution is -2.49. The van der Waals surface area contributed by atoms with E-state index in [9.17, 15) is 14.4 Å². The van der Waals surface area contributed by atoms with Crippen LogP contribution in [0.2, 0.25) is 0 Å². The first-order valence-corrected chi connectivity index (χ1v) is 9.24. The average Bonchev–Trinajstić information content (AvgIpc) is 2.95. The predicted octanol–water partition coefficient (Wildman–Crippen LogP) is 0.205. The summed E-state index contributed by atoms with van der Waals surface area (Å²) < 4.78 is 1.23. The van der Waals surface area contributed by atoms with Crippen LogP contribution < -0.4 is 11.2 Å². The van der Waals surface area contributed by atoms with E-state index in [4.69, 9.17) is 0 Å². The van der Waals surface area contributed by atoms with Crippen molar-refractivity contribution in [2.75, 3.05) is 19.6 Å². The Balaban J connectivity index is 1.55. The molecule has 5 heterocycles. The second-order valence-corrected chi connectivity index (χ2v) is 7.48. The summed E-state index contributed by atoms with van der Waals surface area (Å²) in [7, 11) is 1.53. The van der Waals surface area contributed by atoms with Crippen molar-refractivity contribution in [2.24, 2.45) is 13.0 Å². The topological polar surface area (TPSA) is 91.3 Å². The van der Waals surface area contributed by atoms with E-state index in [1.54, 1.807) is 6.20 Å². The minimum Gasteiger partial charge on any atom is -0.334 e. The molecule has 1 N–H and O–H groups in total. The number of carbonyl (C=O) groups is 1. The molecule has 0 radical (unpaired) electrons. The van der Waals surface area contributed by atoms with E-state index in [1.807, 2.05) is 23.1 Å². The summed E-state index contributed by atoms with van der Waals surface area (Å²) in [5.74, 6) is 0.0873. The van der Waals surface area contributed by atoms with Crippen LogP contribution in [0, 0.1) is 5.92 Å². The van der Waals surface area contributed by atoms with Gasteiger partial charge in [-0.25, -0.2) is 4.79 Å². The first-order chi connectivity index (χ1) is 13.0. The highest BCUT2D eigenvalue weighted by molar-refractivity contribution is 5.93. The molecule has 2 aromatic heterocycles. The monoisotopic (exact) mass is 369 g/mol. The van der Waals surface area contributed by atoms with Crippen molar-refractivity contribution in [3.8, 4) is 0 Å². The van der Waals surface area contributed by atoms with Gasteiger partial charge in [0.05, 0.1) is 5.69 Å². The second-order valence-electron chi connectivity index (χ2n) is 7.48. The van der Waals surface area contributed by atoms with Crippen LogP contribution in [0.25, 0.3) is 0 Å². The number of hydrogen-bond donors (Lipinski definition) is 1. The molecule has 2 atom stereocenters. The number of nitrogens with one attached hydrogen (secondary N) is 1. The van der Waals surface area contributed by atoms with Gasteiger partial charge in [-0.3, -0.25) is 24.5 Å². The standard InChI is InChI=1S/C19H23N5O3/c1-22-12-16(17(25)21-19(22)27)18(26)24-9-13-5-6-15(24)11-23(8-13)10-14-4-2-3-7-20-14/h2-4,7,12-13,15H,5-6,8-11H2,1H3,(H,21,25,27)/t13-,15+/m0/s1. The molecule has 8 nitrogen and oxygen atoms in total. The van der Waals surface area contributed by atoms with Gasteiger partial charge in [0.1, 0.15) is 5.56 Å². The number of rotatable bonds is 3. The second kappa shape index (κ2) is 7.11. The van der Waals surface area contributed by atoms with Gasteiger partial charge >= 0.3 is 5.69 Å². The Hall–Kier alpha value is -2.74. The van der Waals surface area contributed by atoms with E-state index in [1.165, 1.54) is 17.8 Å². The fourth-order valence-corrected chi connectivity index (χ4v) is 4.15. The van der Waals surface area contributed by atoms with Gasteiger partial charge < -0.3 is 9.47 Å². The molecule has 0 unspecified atom stereocenters. The van der Waals surface area contributed by atoms with Gasteiger partial charge in [0.15, 0.2) is 0 Å².